The predicted molar refractivity (Wildman–Crippen MR) is 99.9 cm³/mol. The molecule has 0 aliphatic heterocycles. The Hall–Kier alpha value is -2.38. The molecule has 1 fully saturated rings. The van der Waals surface area contributed by atoms with Crippen molar-refractivity contribution in [3.05, 3.63) is 59.7 Å². The second kappa shape index (κ2) is 7.25. The molecular formula is C18H22N4O2S. The molecule has 25 heavy (non-hydrogen) atoms. The van der Waals surface area contributed by atoms with E-state index in [1.165, 1.54) is 0 Å². The first-order valence-corrected chi connectivity index (χ1v) is 9.65. The molecule has 1 aliphatic carbocycles. The molecule has 0 unspecified atom stereocenters. The standard InChI is InChI=1S/C18H22N4O2S/c1-13-3-2-4-16(11-13)21-18(19)20-12-14-5-9-17(10-6-14)25(23,24)22-15-7-8-15/h2-6,9-11,15,22H,7-8,12H2,1H3,(H3,19,20,21). The van der Waals surface area contributed by atoms with Crippen molar-refractivity contribution in [2.75, 3.05) is 5.32 Å². The quantitative estimate of drug-likeness (QED) is 0.545. The van der Waals surface area contributed by atoms with Crippen LogP contribution in [0.3, 0.4) is 0 Å². The highest BCUT2D eigenvalue weighted by Crippen LogP contribution is 2.22. The fraction of sp³-hybridized carbons (Fsp3) is 0.278. The molecule has 0 bridgehead atoms. The van der Waals surface area contributed by atoms with Crippen LogP contribution in [0.25, 0.3) is 0 Å². The van der Waals surface area contributed by atoms with Gasteiger partial charge in [0.2, 0.25) is 10.0 Å². The van der Waals surface area contributed by atoms with Crippen LogP contribution in [-0.2, 0) is 16.6 Å². The lowest BCUT2D eigenvalue weighted by Gasteiger charge is -2.07. The number of aryl methyl sites for hydroxylation is 1. The van der Waals surface area contributed by atoms with Crippen LogP contribution >= 0.6 is 0 Å². The summed E-state index contributed by atoms with van der Waals surface area (Å²) in [5.74, 6) is 0.317. The smallest absolute Gasteiger partial charge is 0.240 e. The maximum Gasteiger partial charge on any atom is 0.240 e. The van der Waals surface area contributed by atoms with Crippen LogP contribution in [0.4, 0.5) is 5.69 Å². The third kappa shape index (κ3) is 5.04. The van der Waals surface area contributed by atoms with Gasteiger partial charge in [-0.15, -0.1) is 0 Å². The minimum Gasteiger partial charge on any atom is -0.370 e. The lowest BCUT2D eigenvalue weighted by molar-refractivity contribution is 0.581. The summed E-state index contributed by atoms with van der Waals surface area (Å²) in [6.45, 7) is 2.38. The molecule has 6 nitrogen and oxygen atoms in total. The van der Waals surface area contributed by atoms with Crippen LogP contribution in [0.2, 0.25) is 0 Å². The van der Waals surface area contributed by atoms with Crippen molar-refractivity contribution in [2.24, 2.45) is 10.7 Å². The number of benzene rings is 2. The molecule has 2 aromatic carbocycles. The van der Waals surface area contributed by atoms with E-state index >= 15 is 0 Å². The van der Waals surface area contributed by atoms with Crippen molar-refractivity contribution in [1.29, 1.82) is 0 Å². The van der Waals surface area contributed by atoms with Gasteiger partial charge in [0.05, 0.1) is 11.4 Å². The van der Waals surface area contributed by atoms with E-state index in [1.807, 2.05) is 31.2 Å². The van der Waals surface area contributed by atoms with E-state index in [4.69, 9.17) is 5.73 Å². The molecular weight excluding hydrogens is 336 g/mol. The van der Waals surface area contributed by atoms with Gasteiger partial charge in [0.15, 0.2) is 5.96 Å². The zero-order valence-electron chi connectivity index (χ0n) is 14.1. The molecule has 0 heterocycles. The largest absolute Gasteiger partial charge is 0.370 e. The molecule has 0 atom stereocenters. The first-order chi connectivity index (χ1) is 11.9. The van der Waals surface area contributed by atoms with Gasteiger partial charge in [-0.1, -0.05) is 24.3 Å². The van der Waals surface area contributed by atoms with Crippen LogP contribution in [0.5, 0.6) is 0 Å². The van der Waals surface area contributed by atoms with Gasteiger partial charge in [0.25, 0.3) is 0 Å². The molecule has 0 radical (unpaired) electrons. The highest BCUT2D eigenvalue weighted by atomic mass is 32.2. The fourth-order valence-electron chi connectivity index (χ4n) is 2.35. The Morgan fingerprint density at radius 1 is 1.20 bits per heavy atom. The Morgan fingerprint density at radius 2 is 1.92 bits per heavy atom. The SMILES string of the molecule is Cc1cccc(NC(N)=NCc2ccc(S(=O)(=O)NC3CC3)cc2)c1. The van der Waals surface area contributed by atoms with E-state index in [0.29, 0.717) is 12.5 Å². The Labute approximate surface area is 148 Å². The molecule has 132 valence electrons. The van der Waals surface area contributed by atoms with Crippen molar-refractivity contribution < 1.29 is 8.42 Å². The van der Waals surface area contributed by atoms with Gasteiger partial charge in [0, 0.05) is 11.7 Å². The number of aliphatic imine (C=N–C) groups is 1. The topological polar surface area (TPSA) is 96.6 Å². The van der Waals surface area contributed by atoms with Gasteiger partial charge in [-0.25, -0.2) is 18.1 Å². The Morgan fingerprint density at radius 3 is 2.56 bits per heavy atom. The number of nitrogens with zero attached hydrogens (tertiary/aromatic N) is 1. The summed E-state index contributed by atoms with van der Waals surface area (Å²) in [6, 6.07) is 14.7. The second-order valence-corrected chi connectivity index (χ2v) is 7.95. The van der Waals surface area contributed by atoms with E-state index in [0.717, 1.165) is 29.7 Å². The Balaban J connectivity index is 1.61. The maximum atomic E-state index is 12.1. The van der Waals surface area contributed by atoms with Crippen molar-refractivity contribution >= 4 is 21.7 Å². The third-order valence-electron chi connectivity index (χ3n) is 3.86. The number of rotatable bonds is 6. The van der Waals surface area contributed by atoms with Gasteiger partial charge in [-0.3, -0.25) is 0 Å². The normalized spacial score (nSPS) is 15.2. The number of sulfonamides is 1. The third-order valence-corrected chi connectivity index (χ3v) is 5.39. The Kier molecular flexibility index (Phi) is 5.06. The van der Waals surface area contributed by atoms with E-state index in [1.54, 1.807) is 24.3 Å². The summed E-state index contributed by atoms with van der Waals surface area (Å²) in [5, 5.41) is 3.04. The summed E-state index contributed by atoms with van der Waals surface area (Å²) in [7, 11) is -3.41. The van der Waals surface area contributed by atoms with Crippen LogP contribution in [0.1, 0.15) is 24.0 Å². The zero-order chi connectivity index (χ0) is 17.9. The molecule has 0 saturated heterocycles. The average molecular weight is 358 g/mol. The minimum absolute atomic E-state index is 0.0989. The van der Waals surface area contributed by atoms with E-state index in [2.05, 4.69) is 15.0 Å². The van der Waals surface area contributed by atoms with Crippen LogP contribution in [0, 0.1) is 6.92 Å². The molecule has 1 saturated carbocycles. The predicted octanol–water partition coefficient (Wildman–Crippen LogP) is 2.36. The monoisotopic (exact) mass is 358 g/mol. The van der Waals surface area contributed by atoms with Gasteiger partial charge in [-0.05, 0) is 55.2 Å². The van der Waals surface area contributed by atoms with E-state index in [9.17, 15) is 8.42 Å². The van der Waals surface area contributed by atoms with Crippen LogP contribution in [0.15, 0.2) is 58.4 Å². The summed E-state index contributed by atoms with van der Waals surface area (Å²) >= 11 is 0. The second-order valence-electron chi connectivity index (χ2n) is 6.24. The number of hydrogen-bond acceptors (Lipinski definition) is 3. The molecule has 0 aromatic heterocycles. The number of anilines is 1. The molecule has 0 spiro atoms. The molecule has 3 rings (SSSR count). The zero-order valence-corrected chi connectivity index (χ0v) is 14.9. The number of guanidine groups is 1. The lowest BCUT2D eigenvalue weighted by atomic mass is 10.2. The Bertz CT molecular complexity index is 872. The molecule has 1 aliphatic rings. The lowest BCUT2D eigenvalue weighted by Crippen LogP contribution is -2.25. The van der Waals surface area contributed by atoms with Gasteiger partial charge in [0.1, 0.15) is 0 Å². The fourth-order valence-corrected chi connectivity index (χ4v) is 3.65. The van der Waals surface area contributed by atoms with Gasteiger partial charge >= 0.3 is 0 Å². The highest BCUT2D eigenvalue weighted by Gasteiger charge is 2.27. The van der Waals surface area contributed by atoms with Crippen LogP contribution in [-0.4, -0.2) is 20.4 Å². The maximum absolute atomic E-state index is 12.1. The molecule has 7 heteroatoms. The highest BCUT2D eigenvalue weighted by molar-refractivity contribution is 7.89. The summed E-state index contributed by atoms with van der Waals surface area (Å²) < 4.78 is 26.9. The summed E-state index contributed by atoms with van der Waals surface area (Å²) in [5.41, 5.74) is 8.80. The van der Waals surface area contributed by atoms with Gasteiger partial charge < -0.3 is 11.1 Å². The minimum atomic E-state index is -3.41. The summed E-state index contributed by atoms with van der Waals surface area (Å²) in [4.78, 5) is 4.56. The van der Waals surface area contributed by atoms with Gasteiger partial charge in [-0.2, -0.15) is 0 Å². The molecule has 2 aromatic rings. The van der Waals surface area contributed by atoms with Crippen molar-refractivity contribution in [2.45, 2.75) is 37.2 Å². The van der Waals surface area contributed by atoms with Crippen molar-refractivity contribution in [3.8, 4) is 0 Å². The molecule has 4 N–H and O–H groups in total. The first kappa shape index (κ1) is 17.4. The van der Waals surface area contributed by atoms with Crippen molar-refractivity contribution in [3.63, 3.8) is 0 Å². The first-order valence-electron chi connectivity index (χ1n) is 8.17. The molecule has 0 amide bonds. The number of nitrogens with two attached hydrogens (primary N) is 1. The van der Waals surface area contributed by atoms with Crippen molar-refractivity contribution in [1.82, 2.24) is 4.72 Å². The number of hydrogen-bond donors (Lipinski definition) is 3. The number of nitrogens with one attached hydrogen (secondary N) is 2. The van der Waals surface area contributed by atoms with E-state index < -0.39 is 10.0 Å². The van der Waals surface area contributed by atoms with E-state index in [-0.39, 0.29) is 10.9 Å². The van der Waals surface area contributed by atoms with Crippen LogP contribution < -0.4 is 15.8 Å². The average Bonchev–Trinajstić information content (AvgIpc) is 3.37. The summed E-state index contributed by atoms with van der Waals surface area (Å²) in [6.07, 6.45) is 1.83.